The lowest BCUT2D eigenvalue weighted by atomic mass is 9.93. The molecule has 0 saturated carbocycles. The van der Waals surface area contributed by atoms with Crippen molar-refractivity contribution in [2.24, 2.45) is 0 Å². The van der Waals surface area contributed by atoms with Crippen LogP contribution in [0.3, 0.4) is 0 Å². The van der Waals surface area contributed by atoms with Crippen LogP contribution in [0.15, 0.2) is 95.4 Å². The topological polar surface area (TPSA) is 13.1 Å². The van der Waals surface area contributed by atoms with E-state index < -0.39 is 0 Å². The summed E-state index contributed by atoms with van der Waals surface area (Å²) in [6, 6.07) is 30.8. The molecule has 4 aromatic carbocycles. The first-order valence-electron chi connectivity index (χ1n) is 8.57. The van der Waals surface area contributed by atoms with Crippen molar-refractivity contribution in [2.45, 2.75) is 0 Å². The number of halogens is 1. The van der Waals surface area contributed by atoms with Gasteiger partial charge in [0.2, 0.25) is 0 Å². The molecule has 0 fully saturated rings. The Morgan fingerprint density at radius 3 is 2.12 bits per heavy atom. The Labute approximate surface area is 156 Å². The van der Waals surface area contributed by atoms with Gasteiger partial charge in [-0.1, -0.05) is 84.4 Å². The van der Waals surface area contributed by atoms with E-state index in [9.17, 15) is 0 Å². The first kappa shape index (κ1) is 15.2. The molecule has 2 heteroatoms. The fraction of sp³-hybridized carbons (Fsp3) is 0. The van der Waals surface area contributed by atoms with Crippen LogP contribution in [0.2, 0.25) is 5.02 Å². The van der Waals surface area contributed by atoms with Gasteiger partial charge in [0, 0.05) is 21.4 Å². The Balaban J connectivity index is 1.86. The number of benzene rings is 4. The lowest BCUT2D eigenvalue weighted by Crippen LogP contribution is -1.86. The highest BCUT2D eigenvalue weighted by molar-refractivity contribution is 6.32. The van der Waals surface area contributed by atoms with Gasteiger partial charge in [-0.25, -0.2) is 0 Å². The third-order valence-electron chi connectivity index (χ3n) is 4.74. The number of hydrogen-bond donors (Lipinski definition) is 0. The quantitative estimate of drug-likeness (QED) is 0.318. The van der Waals surface area contributed by atoms with Crippen molar-refractivity contribution in [3.63, 3.8) is 0 Å². The van der Waals surface area contributed by atoms with E-state index in [2.05, 4.69) is 54.6 Å². The largest absolute Gasteiger partial charge is 0.455 e. The number of fused-ring (bicyclic) bond motifs is 3. The zero-order valence-corrected chi connectivity index (χ0v) is 14.7. The Hall–Kier alpha value is -3.03. The number of hydrogen-bond acceptors (Lipinski definition) is 1. The standard InChI is InChI=1S/C24H15ClO/c25-17-14-21(24-22(15-17)20-12-6-7-13-23(20)26-24)19-11-5-4-10-18(19)16-8-2-1-3-9-16/h1-15H. The molecule has 0 bridgehead atoms. The third-order valence-corrected chi connectivity index (χ3v) is 4.96. The van der Waals surface area contributed by atoms with Gasteiger partial charge in [-0.05, 0) is 34.9 Å². The number of para-hydroxylation sites is 1. The van der Waals surface area contributed by atoms with Crippen molar-refractivity contribution in [1.82, 2.24) is 0 Å². The molecule has 0 spiro atoms. The van der Waals surface area contributed by atoms with E-state index in [1.54, 1.807) is 0 Å². The average Bonchev–Trinajstić information content (AvgIpc) is 3.07. The van der Waals surface area contributed by atoms with Crippen LogP contribution in [0.5, 0.6) is 0 Å². The van der Waals surface area contributed by atoms with Gasteiger partial charge in [0.1, 0.15) is 11.2 Å². The molecule has 0 saturated heterocycles. The summed E-state index contributed by atoms with van der Waals surface area (Å²) in [6.07, 6.45) is 0. The first-order chi connectivity index (χ1) is 12.8. The SMILES string of the molecule is Clc1cc(-c2ccccc2-c2ccccc2)c2oc3ccccc3c2c1. The number of furan rings is 1. The molecule has 26 heavy (non-hydrogen) atoms. The molecule has 0 aliphatic heterocycles. The van der Waals surface area contributed by atoms with Gasteiger partial charge < -0.3 is 4.42 Å². The van der Waals surface area contributed by atoms with E-state index >= 15 is 0 Å². The highest BCUT2D eigenvalue weighted by Gasteiger charge is 2.16. The summed E-state index contributed by atoms with van der Waals surface area (Å²) in [6.45, 7) is 0. The zero-order valence-electron chi connectivity index (χ0n) is 13.9. The summed E-state index contributed by atoms with van der Waals surface area (Å²) in [7, 11) is 0. The van der Waals surface area contributed by atoms with E-state index in [0.29, 0.717) is 5.02 Å². The van der Waals surface area contributed by atoms with E-state index in [4.69, 9.17) is 16.0 Å². The van der Waals surface area contributed by atoms with Gasteiger partial charge >= 0.3 is 0 Å². The molecule has 0 aliphatic carbocycles. The van der Waals surface area contributed by atoms with Crippen LogP contribution in [-0.4, -0.2) is 0 Å². The number of rotatable bonds is 2. The summed E-state index contributed by atoms with van der Waals surface area (Å²) in [5.41, 5.74) is 6.22. The minimum atomic E-state index is 0.710. The van der Waals surface area contributed by atoms with Gasteiger partial charge in [0.15, 0.2) is 0 Å². The molecule has 0 atom stereocenters. The maximum atomic E-state index is 6.49. The summed E-state index contributed by atoms with van der Waals surface area (Å²) < 4.78 is 6.23. The maximum absolute atomic E-state index is 6.49. The highest BCUT2D eigenvalue weighted by Crippen LogP contribution is 2.41. The fourth-order valence-corrected chi connectivity index (χ4v) is 3.80. The molecule has 0 aliphatic rings. The van der Waals surface area contributed by atoms with Crippen molar-refractivity contribution in [3.05, 3.63) is 96.0 Å². The van der Waals surface area contributed by atoms with Crippen molar-refractivity contribution >= 4 is 33.5 Å². The summed E-state index contributed by atoms with van der Waals surface area (Å²) >= 11 is 6.49. The van der Waals surface area contributed by atoms with Crippen LogP contribution < -0.4 is 0 Å². The predicted octanol–water partition coefficient (Wildman–Crippen LogP) is 7.57. The second kappa shape index (κ2) is 6.05. The minimum absolute atomic E-state index is 0.710. The first-order valence-corrected chi connectivity index (χ1v) is 8.95. The second-order valence-electron chi connectivity index (χ2n) is 6.34. The second-order valence-corrected chi connectivity index (χ2v) is 6.78. The molecule has 0 radical (unpaired) electrons. The Morgan fingerprint density at radius 1 is 0.577 bits per heavy atom. The molecule has 5 aromatic rings. The predicted molar refractivity (Wildman–Crippen MR) is 110 cm³/mol. The van der Waals surface area contributed by atoms with Gasteiger partial charge in [-0.15, -0.1) is 0 Å². The van der Waals surface area contributed by atoms with Gasteiger partial charge in [0.25, 0.3) is 0 Å². The Bertz CT molecular complexity index is 1240. The van der Waals surface area contributed by atoms with Crippen molar-refractivity contribution in [3.8, 4) is 22.3 Å². The zero-order chi connectivity index (χ0) is 17.5. The summed E-state index contributed by atoms with van der Waals surface area (Å²) in [4.78, 5) is 0. The monoisotopic (exact) mass is 354 g/mol. The van der Waals surface area contributed by atoms with Crippen LogP contribution in [-0.2, 0) is 0 Å². The Kier molecular flexibility index (Phi) is 3.55. The van der Waals surface area contributed by atoms with E-state index in [1.807, 2.05) is 36.4 Å². The van der Waals surface area contributed by atoms with Crippen molar-refractivity contribution < 1.29 is 4.42 Å². The van der Waals surface area contributed by atoms with E-state index in [1.165, 1.54) is 5.56 Å². The lowest BCUT2D eigenvalue weighted by molar-refractivity contribution is 0.670. The Morgan fingerprint density at radius 2 is 1.27 bits per heavy atom. The van der Waals surface area contributed by atoms with Gasteiger partial charge in [-0.2, -0.15) is 0 Å². The van der Waals surface area contributed by atoms with Crippen LogP contribution in [0.1, 0.15) is 0 Å². The van der Waals surface area contributed by atoms with E-state index in [0.717, 1.165) is 38.6 Å². The summed E-state index contributed by atoms with van der Waals surface area (Å²) in [5.74, 6) is 0. The molecule has 0 amide bonds. The molecule has 1 heterocycles. The van der Waals surface area contributed by atoms with Gasteiger partial charge in [-0.3, -0.25) is 0 Å². The van der Waals surface area contributed by atoms with Crippen LogP contribution >= 0.6 is 11.6 Å². The molecule has 0 N–H and O–H groups in total. The molecule has 5 rings (SSSR count). The maximum Gasteiger partial charge on any atom is 0.143 e. The van der Waals surface area contributed by atoms with Gasteiger partial charge in [0.05, 0.1) is 0 Å². The molecule has 1 nitrogen and oxygen atoms in total. The van der Waals surface area contributed by atoms with Crippen molar-refractivity contribution in [2.75, 3.05) is 0 Å². The molecular formula is C24H15ClO. The highest BCUT2D eigenvalue weighted by atomic mass is 35.5. The summed E-state index contributed by atoms with van der Waals surface area (Å²) in [5, 5.41) is 2.84. The van der Waals surface area contributed by atoms with Crippen LogP contribution in [0.25, 0.3) is 44.2 Å². The van der Waals surface area contributed by atoms with Crippen molar-refractivity contribution in [1.29, 1.82) is 0 Å². The average molecular weight is 355 g/mol. The van der Waals surface area contributed by atoms with Crippen LogP contribution in [0, 0.1) is 0 Å². The van der Waals surface area contributed by atoms with E-state index in [-0.39, 0.29) is 0 Å². The molecule has 1 aromatic heterocycles. The molecule has 0 unspecified atom stereocenters. The minimum Gasteiger partial charge on any atom is -0.455 e. The third kappa shape index (κ3) is 2.40. The smallest absolute Gasteiger partial charge is 0.143 e. The fourth-order valence-electron chi connectivity index (χ4n) is 3.58. The lowest BCUT2D eigenvalue weighted by Gasteiger charge is -2.11. The molecular weight excluding hydrogens is 340 g/mol. The molecule has 124 valence electrons. The van der Waals surface area contributed by atoms with Crippen LogP contribution in [0.4, 0.5) is 0 Å². The normalized spacial score (nSPS) is 11.3.